The van der Waals surface area contributed by atoms with Crippen LogP contribution in [-0.2, 0) is 22.6 Å². The van der Waals surface area contributed by atoms with Crippen molar-refractivity contribution in [2.24, 2.45) is 0 Å². The maximum atomic E-state index is 12.5. The number of nitrogens with zero attached hydrogens (tertiary/aromatic N) is 1. The van der Waals surface area contributed by atoms with Crippen molar-refractivity contribution in [1.29, 1.82) is 0 Å². The first-order valence-corrected chi connectivity index (χ1v) is 10.6. The molecule has 1 fully saturated rings. The van der Waals surface area contributed by atoms with Gasteiger partial charge in [-0.25, -0.2) is 0 Å². The highest BCUT2D eigenvalue weighted by Crippen LogP contribution is 2.28. The van der Waals surface area contributed by atoms with E-state index in [-0.39, 0.29) is 18.2 Å². The minimum Gasteiger partial charge on any atom is -0.493 e. The first kappa shape index (κ1) is 22.9. The van der Waals surface area contributed by atoms with Crippen molar-refractivity contribution >= 4 is 23.4 Å². The summed E-state index contributed by atoms with van der Waals surface area (Å²) in [6.07, 6.45) is 0.814. The van der Waals surface area contributed by atoms with Crippen molar-refractivity contribution in [1.82, 2.24) is 15.5 Å². The standard InChI is InChI=1S/C23H28ClN3O4/c1-30-20-8-5-17(13-21(20)31-2)15-27-12-11-26-23(29)19(27)14-22(28)25-10-9-16-3-6-18(24)7-4-16/h3-8,13,19H,9-12,14-15H2,1-2H3,(H,25,28)(H,26,29). The Kier molecular flexibility index (Phi) is 8.14. The monoisotopic (exact) mass is 445 g/mol. The second-order valence-corrected chi connectivity index (χ2v) is 7.83. The predicted molar refractivity (Wildman–Crippen MR) is 120 cm³/mol. The Morgan fingerprint density at radius 2 is 1.84 bits per heavy atom. The molecule has 2 aromatic carbocycles. The zero-order valence-corrected chi connectivity index (χ0v) is 18.6. The van der Waals surface area contributed by atoms with Crippen molar-refractivity contribution in [2.45, 2.75) is 25.4 Å². The molecule has 1 atom stereocenters. The molecule has 1 heterocycles. The minimum atomic E-state index is -0.516. The lowest BCUT2D eigenvalue weighted by molar-refractivity contribution is -0.134. The predicted octanol–water partition coefficient (Wildman–Crippen LogP) is 2.41. The molecule has 3 rings (SSSR count). The molecule has 0 saturated carbocycles. The van der Waals surface area contributed by atoms with E-state index in [2.05, 4.69) is 10.6 Å². The van der Waals surface area contributed by atoms with E-state index in [9.17, 15) is 9.59 Å². The number of methoxy groups -OCH3 is 2. The van der Waals surface area contributed by atoms with Gasteiger partial charge in [0.1, 0.15) is 0 Å². The van der Waals surface area contributed by atoms with Crippen LogP contribution in [0.3, 0.4) is 0 Å². The van der Waals surface area contributed by atoms with Gasteiger partial charge in [0.15, 0.2) is 11.5 Å². The third kappa shape index (κ3) is 6.35. The van der Waals surface area contributed by atoms with Crippen molar-refractivity contribution in [3.05, 3.63) is 58.6 Å². The second kappa shape index (κ2) is 11.0. The van der Waals surface area contributed by atoms with Gasteiger partial charge in [0.25, 0.3) is 0 Å². The van der Waals surface area contributed by atoms with Gasteiger partial charge < -0.3 is 20.1 Å². The molecule has 0 aromatic heterocycles. The number of carbonyl (C=O) groups excluding carboxylic acids is 2. The van der Waals surface area contributed by atoms with E-state index < -0.39 is 6.04 Å². The molecule has 7 nitrogen and oxygen atoms in total. The van der Waals surface area contributed by atoms with Crippen LogP contribution in [0.5, 0.6) is 11.5 Å². The number of hydrogen-bond donors (Lipinski definition) is 2. The van der Waals surface area contributed by atoms with Gasteiger partial charge in [0, 0.05) is 31.2 Å². The maximum Gasteiger partial charge on any atom is 0.237 e. The van der Waals surface area contributed by atoms with Gasteiger partial charge in [0.2, 0.25) is 11.8 Å². The van der Waals surface area contributed by atoms with Crippen LogP contribution in [0, 0.1) is 0 Å². The van der Waals surface area contributed by atoms with Crippen molar-refractivity contribution in [3.63, 3.8) is 0 Å². The quantitative estimate of drug-likeness (QED) is 0.619. The Bertz CT molecular complexity index is 904. The van der Waals surface area contributed by atoms with Gasteiger partial charge >= 0.3 is 0 Å². The molecule has 1 unspecified atom stereocenters. The lowest BCUT2D eigenvalue weighted by Crippen LogP contribution is -2.56. The van der Waals surface area contributed by atoms with E-state index in [4.69, 9.17) is 21.1 Å². The molecule has 1 saturated heterocycles. The topological polar surface area (TPSA) is 79.9 Å². The number of halogens is 1. The third-order valence-corrected chi connectivity index (χ3v) is 5.56. The summed E-state index contributed by atoms with van der Waals surface area (Å²) in [7, 11) is 3.18. The third-order valence-electron chi connectivity index (χ3n) is 5.30. The summed E-state index contributed by atoms with van der Waals surface area (Å²) in [6.45, 7) is 2.27. The Labute approximate surface area is 187 Å². The van der Waals surface area contributed by atoms with Crippen LogP contribution in [-0.4, -0.2) is 56.6 Å². The fourth-order valence-electron chi connectivity index (χ4n) is 3.63. The van der Waals surface area contributed by atoms with E-state index in [1.807, 2.05) is 47.4 Å². The molecule has 0 radical (unpaired) electrons. The zero-order chi connectivity index (χ0) is 22.2. The molecule has 1 aliphatic rings. The zero-order valence-electron chi connectivity index (χ0n) is 17.8. The van der Waals surface area contributed by atoms with E-state index >= 15 is 0 Å². The maximum absolute atomic E-state index is 12.5. The van der Waals surface area contributed by atoms with E-state index in [1.165, 1.54) is 0 Å². The van der Waals surface area contributed by atoms with E-state index in [1.54, 1.807) is 14.2 Å². The SMILES string of the molecule is COc1ccc(CN2CCNC(=O)C2CC(=O)NCCc2ccc(Cl)cc2)cc1OC. The highest BCUT2D eigenvalue weighted by atomic mass is 35.5. The summed E-state index contributed by atoms with van der Waals surface area (Å²) in [5.74, 6) is 1.02. The van der Waals surface area contributed by atoms with Gasteiger partial charge in [-0.3, -0.25) is 14.5 Å². The largest absolute Gasteiger partial charge is 0.493 e. The Balaban J connectivity index is 1.57. The van der Waals surface area contributed by atoms with Gasteiger partial charge in [-0.15, -0.1) is 0 Å². The molecule has 0 bridgehead atoms. The Morgan fingerprint density at radius 1 is 1.13 bits per heavy atom. The smallest absolute Gasteiger partial charge is 0.237 e. The molecule has 2 aromatic rings. The first-order chi connectivity index (χ1) is 15.0. The summed E-state index contributed by atoms with van der Waals surface area (Å²) in [6, 6.07) is 12.7. The van der Waals surface area contributed by atoms with Gasteiger partial charge in [-0.05, 0) is 41.8 Å². The molecule has 166 valence electrons. The van der Waals surface area contributed by atoms with Crippen LogP contribution in [0.2, 0.25) is 5.02 Å². The Hall–Kier alpha value is -2.77. The number of rotatable bonds is 9. The summed E-state index contributed by atoms with van der Waals surface area (Å²) >= 11 is 5.90. The van der Waals surface area contributed by atoms with Crippen LogP contribution in [0.25, 0.3) is 0 Å². The summed E-state index contributed by atoms with van der Waals surface area (Å²) in [5, 5.41) is 6.47. The van der Waals surface area contributed by atoms with Crippen LogP contribution in [0.4, 0.5) is 0 Å². The fraction of sp³-hybridized carbons (Fsp3) is 0.391. The van der Waals surface area contributed by atoms with Crippen LogP contribution in [0.1, 0.15) is 17.5 Å². The van der Waals surface area contributed by atoms with Gasteiger partial charge in [-0.1, -0.05) is 29.8 Å². The van der Waals surface area contributed by atoms with Crippen molar-refractivity contribution in [3.8, 4) is 11.5 Å². The number of nitrogens with one attached hydrogen (secondary N) is 2. The van der Waals surface area contributed by atoms with E-state index in [0.29, 0.717) is 49.1 Å². The molecular formula is C23H28ClN3O4. The number of amides is 2. The van der Waals surface area contributed by atoms with Crippen LogP contribution in [0.15, 0.2) is 42.5 Å². The summed E-state index contributed by atoms with van der Waals surface area (Å²) in [4.78, 5) is 27.0. The highest BCUT2D eigenvalue weighted by molar-refractivity contribution is 6.30. The van der Waals surface area contributed by atoms with Crippen molar-refractivity contribution in [2.75, 3.05) is 33.9 Å². The number of benzene rings is 2. The molecular weight excluding hydrogens is 418 g/mol. The van der Waals surface area contributed by atoms with E-state index in [0.717, 1.165) is 11.1 Å². The summed E-state index contributed by atoms with van der Waals surface area (Å²) in [5.41, 5.74) is 2.08. The van der Waals surface area contributed by atoms with Crippen LogP contribution >= 0.6 is 11.6 Å². The van der Waals surface area contributed by atoms with Crippen LogP contribution < -0.4 is 20.1 Å². The fourth-order valence-corrected chi connectivity index (χ4v) is 3.76. The number of ether oxygens (including phenoxy) is 2. The lowest BCUT2D eigenvalue weighted by Gasteiger charge is -2.34. The number of piperazine rings is 1. The molecule has 1 aliphatic heterocycles. The molecule has 2 N–H and O–H groups in total. The normalized spacial score (nSPS) is 16.5. The van der Waals surface area contributed by atoms with Gasteiger partial charge in [-0.2, -0.15) is 0 Å². The van der Waals surface area contributed by atoms with Crippen molar-refractivity contribution < 1.29 is 19.1 Å². The Morgan fingerprint density at radius 3 is 2.55 bits per heavy atom. The second-order valence-electron chi connectivity index (χ2n) is 7.40. The molecule has 2 amide bonds. The number of hydrogen-bond acceptors (Lipinski definition) is 5. The summed E-state index contributed by atoms with van der Waals surface area (Å²) < 4.78 is 10.7. The highest BCUT2D eigenvalue weighted by Gasteiger charge is 2.31. The average Bonchev–Trinajstić information content (AvgIpc) is 2.77. The van der Waals surface area contributed by atoms with Gasteiger partial charge in [0.05, 0.1) is 26.7 Å². The molecule has 0 spiro atoms. The minimum absolute atomic E-state index is 0.111. The number of carbonyl (C=O) groups is 2. The average molecular weight is 446 g/mol. The molecule has 0 aliphatic carbocycles. The lowest BCUT2D eigenvalue weighted by atomic mass is 10.1. The first-order valence-electron chi connectivity index (χ1n) is 10.2. The molecule has 8 heteroatoms. The molecule has 31 heavy (non-hydrogen) atoms.